The van der Waals surface area contributed by atoms with Gasteiger partial charge in [-0.2, -0.15) is 0 Å². The van der Waals surface area contributed by atoms with E-state index >= 15 is 0 Å². The fourth-order valence-electron chi connectivity index (χ4n) is 1.85. The average molecular weight is 311 g/mol. The predicted molar refractivity (Wildman–Crippen MR) is 88.3 cm³/mol. The summed E-state index contributed by atoms with van der Waals surface area (Å²) in [5.74, 6) is 0. The molecule has 0 aliphatic heterocycles. The van der Waals surface area contributed by atoms with Crippen molar-refractivity contribution in [3.8, 4) is 11.3 Å². The summed E-state index contributed by atoms with van der Waals surface area (Å²) in [6, 6.07) is 11.1. The number of rotatable bonds is 3. The number of amides is 1. The number of nitrogens with zero attached hydrogens (tertiary/aromatic N) is 4. The van der Waals surface area contributed by atoms with E-state index in [4.69, 9.17) is 10.3 Å². The SMILES string of the molecule is CC(C)(C)OC(=O)Nc1cnc(-c2ccccc2)cc1N=[N+]=[N-]. The molecule has 2 rings (SSSR count). The van der Waals surface area contributed by atoms with Gasteiger partial charge in [-0.15, -0.1) is 0 Å². The van der Waals surface area contributed by atoms with Crippen LogP contribution in [-0.2, 0) is 4.74 Å². The molecule has 0 unspecified atom stereocenters. The van der Waals surface area contributed by atoms with Crippen molar-refractivity contribution in [2.24, 2.45) is 5.11 Å². The lowest BCUT2D eigenvalue weighted by Gasteiger charge is -2.20. The fourth-order valence-corrected chi connectivity index (χ4v) is 1.85. The van der Waals surface area contributed by atoms with E-state index < -0.39 is 11.7 Å². The number of ether oxygens (including phenoxy) is 1. The van der Waals surface area contributed by atoms with E-state index in [1.165, 1.54) is 6.20 Å². The summed E-state index contributed by atoms with van der Waals surface area (Å²) in [6.07, 6.45) is 0.803. The van der Waals surface area contributed by atoms with Gasteiger partial charge < -0.3 is 4.74 Å². The predicted octanol–water partition coefficient (Wildman–Crippen LogP) is 5.04. The second-order valence-corrected chi connectivity index (χ2v) is 5.77. The molecule has 1 amide bonds. The third-order valence-corrected chi connectivity index (χ3v) is 2.74. The minimum Gasteiger partial charge on any atom is -0.444 e. The van der Waals surface area contributed by atoms with Crippen molar-refractivity contribution in [3.05, 3.63) is 53.0 Å². The van der Waals surface area contributed by atoms with Gasteiger partial charge in [0.05, 0.1) is 23.3 Å². The normalized spacial score (nSPS) is 10.6. The second-order valence-electron chi connectivity index (χ2n) is 5.77. The Morgan fingerprint density at radius 3 is 2.61 bits per heavy atom. The first kappa shape index (κ1) is 16.3. The number of nitrogens with one attached hydrogen (secondary N) is 1. The van der Waals surface area contributed by atoms with Crippen molar-refractivity contribution < 1.29 is 9.53 Å². The molecule has 7 nitrogen and oxygen atoms in total. The monoisotopic (exact) mass is 311 g/mol. The Labute approximate surface area is 133 Å². The van der Waals surface area contributed by atoms with Crippen LogP contribution in [0.2, 0.25) is 0 Å². The number of carbonyl (C=O) groups is 1. The van der Waals surface area contributed by atoms with E-state index in [1.807, 2.05) is 30.3 Å². The molecule has 23 heavy (non-hydrogen) atoms. The van der Waals surface area contributed by atoms with Gasteiger partial charge in [-0.05, 0) is 32.4 Å². The van der Waals surface area contributed by atoms with Crippen LogP contribution < -0.4 is 5.32 Å². The summed E-state index contributed by atoms with van der Waals surface area (Å²) in [7, 11) is 0. The Balaban J connectivity index is 2.30. The number of anilines is 1. The molecule has 0 atom stereocenters. The van der Waals surface area contributed by atoms with E-state index in [1.54, 1.807) is 26.8 Å². The molecule has 0 saturated carbocycles. The van der Waals surface area contributed by atoms with Gasteiger partial charge in [0.15, 0.2) is 0 Å². The van der Waals surface area contributed by atoms with E-state index in [0.717, 1.165) is 5.56 Å². The zero-order chi connectivity index (χ0) is 16.9. The quantitative estimate of drug-likeness (QED) is 0.488. The van der Waals surface area contributed by atoms with Gasteiger partial charge in [0.1, 0.15) is 5.60 Å². The van der Waals surface area contributed by atoms with Gasteiger partial charge in [0.25, 0.3) is 0 Å². The Morgan fingerprint density at radius 1 is 1.30 bits per heavy atom. The summed E-state index contributed by atoms with van der Waals surface area (Å²) < 4.78 is 5.18. The Kier molecular flexibility index (Phi) is 4.83. The van der Waals surface area contributed by atoms with Crippen molar-refractivity contribution in [2.75, 3.05) is 5.32 Å². The molecule has 0 aliphatic rings. The lowest BCUT2D eigenvalue weighted by molar-refractivity contribution is 0.0636. The Hall–Kier alpha value is -3.05. The molecule has 0 aliphatic carbocycles. The minimum atomic E-state index is -0.638. The van der Waals surface area contributed by atoms with Crippen LogP contribution in [0.5, 0.6) is 0 Å². The molecule has 0 bridgehead atoms. The highest BCUT2D eigenvalue weighted by atomic mass is 16.6. The summed E-state index contributed by atoms with van der Waals surface area (Å²) >= 11 is 0. The van der Waals surface area contributed by atoms with Crippen LogP contribution in [-0.4, -0.2) is 16.7 Å². The smallest absolute Gasteiger partial charge is 0.412 e. The van der Waals surface area contributed by atoms with Crippen LogP contribution in [0.25, 0.3) is 21.7 Å². The number of carbonyl (C=O) groups excluding carboxylic acids is 1. The number of hydrogen-bond acceptors (Lipinski definition) is 4. The van der Waals surface area contributed by atoms with Crippen LogP contribution in [0.1, 0.15) is 20.8 Å². The summed E-state index contributed by atoms with van der Waals surface area (Å²) in [5.41, 5.74) is 10.2. The molecule has 0 spiro atoms. The topological polar surface area (TPSA) is 100.0 Å². The number of azide groups is 1. The minimum absolute atomic E-state index is 0.271. The second kappa shape index (κ2) is 6.81. The van der Waals surface area contributed by atoms with Crippen molar-refractivity contribution in [1.29, 1.82) is 0 Å². The lowest BCUT2D eigenvalue weighted by atomic mass is 10.1. The zero-order valence-electron chi connectivity index (χ0n) is 13.1. The zero-order valence-corrected chi connectivity index (χ0v) is 13.1. The Morgan fingerprint density at radius 2 is 2.00 bits per heavy atom. The highest BCUT2D eigenvalue weighted by molar-refractivity contribution is 5.89. The third kappa shape index (κ3) is 4.72. The van der Waals surface area contributed by atoms with Crippen molar-refractivity contribution in [2.45, 2.75) is 26.4 Å². The molecule has 1 heterocycles. The molecule has 7 heteroatoms. The van der Waals surface area contributed by atoms with Gasteiger partial charge in [0.2, 0.25) is 0 Å². The molecule has 1 aromatic heterocycles. The first-order valence-corrected chi connectivity index (χ1v) is 6.99. The van der Waals surface area contributed by atoms with E-state index in [9.17, 15) is 4.79 Å². The molecule has 2 aromatic rings. The maximum absolute atomic E-state index is 11.8. The number of benzene rings is 1. The first-order valence-electron chi connectivity index (χ1n) is 6.99. The highest BCUT2D eigenvalue weighted by Gasteiger charge is 2.17. The van der Waals surface area contributed by atoms with Crippen LogP contribution in [0.4, 0.5) is 16.2 Å². The fraction of sp³-hybridized carbons (Fsp3) is 0.250. The molecule has 1 N–H and O–H groups in total. The summed E-state index contributed by atoms with van der Waals surface area (Å²) in [5, 5.41) is 6.15. The molecule has 118 valence electrons. The van der Waals surface area contributed by atoms with Crippen LogP contribution in [0, 0.1) is 0 Å². The van der Waals surface area contributed by atoms with Gasteiger partial charge >= 0.3 is 6.09 Å². The maximum atomic E-state index is 11.8. The Bertz CT molecular complexity index is 747. The van der Waals surface area contributed by atoms with Crippen molar-refractivity contribution in [1.82, 2.24) is 4.98 Å². The molecule has 0 fully saturated rings. The van der Waals surface area contributed by atoms with Crippen molar-refractivity contribution in [3.63, 3.8) is 0 Å². The lowest BCUT2D eigenvalue weighted by Crippen LogP contribution is -2.27. The molecule has 0 radical (unpaired) electrons. The average Bonchev–Trinajstić information content (AvgIpc) is 2.48. The first-order chi connectivity index (χ1) is 10.9. The van der Waals surface area contributed by atoms with E-state index in [2.05, 4.69) is 20.3 Å². The molecular weight excluding hydrogens is 294 g/mol. The van der Waals surface area contributed by atoms with Gasteiger partial charge in [0, 0.05) is 10.5 Å². The highest BCUT2D eigenvalue weighted by Crippen LogP contribution is 2.29. The number of hydrogen-bond donors (Lipinski definition) is 1. The van der Waals surface area contributed by atoms with Crippen LogP contribution >= 0.6 is 0 Å². The third-order valence-electron chi connectivity index (χ3n) is 2.74. The van der Waals surface area contributed by atoms with E-state index in [-0.39, 0.29) is 11.4 Å². The molecule has 1 aromatic carbocycles. The maximum Gasteiger partial charge on any atom is 0.412 e. The summed E-state index contributed by atoms with van der Waals surface area (Å²) in [4.78, 5) is 18.9. The van der Waals surface area contributed by atoms with Gasteiger partial charge in [-0.25, -0.2) is 4.79 Å². The van der Waals surface area contributed by atoms with Crippen molar-refractivity contribution >= 4 is 17.5 Å². The van der Waals surface area contributed by atoms with Crippen LogP contribution in [0.15, 0.2) is 47.7 Å². The molecule has 0 saturated heterocycles. The van der Waals surface area contributed by atoms with Gasteiger partial charge in [-0.3, -0.25) is 10.3 Å². The standard InChI is InChI=1S/C16H17N5O2/c1-16(2,3)23-15(22)19-14-10-18-12(9-13(14)20-21-17)11-7-5-4-6-8-11/h4-10H,1-3H3,(H,19,22). The molecular formula is C16H17N5O2. The largest absolute Gasteiger partial charge is 0.444 e. The van der Waals surface area contributed by atoms with E-state index in [0.29, 0.717) is 5.69 Å². The van der Waals surface area contributed by atoms with Gasteiger partial charge in [-0.1, -0.05) is 35.4 Å². The number of pyridine rings is 1. The summed E-state index contributed by atoms with van der Waals surface area (Å²) in [6.45, 7) is 5.28. The number of aromatic nitrogens is 1. The van der Waals surface area contributed by atoms with Crippen LogP contribution in [0.3, 0.4) is 0 Å².